The van der Waals surface area contributed by atoms with Crippen molar-refractivity contribution in [3.05, 3.63) is 29.3 Å². The van der Waals surface area contributed by atoms with Crippen molar-refractivity contribution in [3.8, 4) is 0 Å². The summed E-state index contributed by atoms with van der Waals surface area (Å²) in [6.45, 7) is 5.14. The van der Waals surface area contributed by atoms with Crippen molar-refractivity contribution in [2.24, 2.45) is 11.8 Å². The average molecular weight is 288 g/mol. The molecular weight excluding hydrogens is 260 g/mol. The van der Waals surface area contributed by atoms with Crippen molar-refractivity contribution >= 4 is 11.6 Å². The van der Waals surface area contributed by atoms with Gasteiger partial charge in [0.15, 0.2) is 0 Å². The molecule has 2 N–H and O–H groups in total. The topological polar surface area (TPSA) is 41.1 Å². The monoisotopic (exact) mass is 288 g/mol. The van der Waals surface area contributed by atoms with E-state index in [0.29, 0.717) is 0 Å². The molecule has 2 unspecified atom stereocenters. The summed E-state index contributed by atoms with van der Waals surface area (Å²) < 4.78 is 0. The van der Waals surface area contributed by atoms with Gasteiger partial charge in [0.05, 0.1) is 5.56 Å². The van der Waals surface area contributed by atoms with Crippen LogP contribution in [0.3, 0.4) is 0 Å². The van der Waals surface area contributed by atoms with Crippen molar-refractivity contribution in [1.29, 1.82) is 0 Å². The highest BCUT2D eigenvalue weighted by Gasteiger charge is 2.19. The fourth-order valence-corrected chi connectivity index (χ4v) is 3.37. The zero-order chi connectivity index (χ0) is 15.2. The zero-order valence-corrected chi connectivity index (χ0v) is 13.5. The van der Waals surface area contributed by atoms with E-state index < -0.39 is 0 Å². The quantitative estimate of drug-likeness (QED) is 0.860. The van der Waals surface area contributed by atoms with Crippen molar-refractivity contribution in [2.45, 2.75) is 46.0 Å². The number of hydrogen-bond donors (Lipinski definition) is 2. The van der Waals surface area contributed by atoms with E-state index >= 15 is 0 Å². The predicted octanol–water partition coefficient (Wildman–Crippen LogP) is 3.98. The maximum atomic E-state index is 12.3. The minimum atomic E-state index is 0.0342. The number of anilines is 1. The van der Waals surface area contributed by atoms with Crippen LogP contribution in [0.15, 0.2) is 18.2 Å². The molecule has 1 aromatic carbocycles. The molecule has 1 aliphatic carbocycles. The van der Waals surface area contributed by atoms with E-state index in [1.807, 2.05) is 32.2 Å². The van der Waals surface area contributed by atoms with Gasteiger partial charge in [-0.25, -0.2) is 0 Å². The summed E-state index contributed by atoms with van der Waals surface area (Å²) in [5.41, 5.74) is 2.75. The number of amides is 1. The van der Waals surface area contributed by atoms with Crippen LogP contribution in [0, 0.1) is 18.8 Å². The molecule has 1 fully saturated rings. The van der Waals surface area contributed by atoms with Crippen LogP contribution < -0.4 is 10.6 Å². The Kier molecular flexibility index (Phi) is 5.66. The van der Waals surface area contributed by atoms with Gasteiger partial charge in [-0.1, -0.05) is 37.8 Å². The van der Waals surface area contributed by atoms with Gasteiger partial charge < -0.3 is 10.6 Å². The fourth-order valence-electron chi connectivity index (χ4n) is 3.37. The Bertz CT molecular complexity index is 484. The van der Waals surface area contributed by atoms with Gasteiger partial charge in [0, 0.05) is 19.3 Å². The summed E-state index contributed by atoms with van der Waals surface area (Å²) >= 11 is 0. The minimum Gasteiger partial charge on any atom is -0.387 e. The highest BCUT2D eigenvalue weighted by Crippen LogP contribution is 2.30. The number of aryl methyl sites for hydroxylation is 1. The van der Waals surface area contributed by atoms with Gasteiger partial charge in [0.1, 0.15) is 0 Å². The molecule has 0 heterocycles. The number of benzene rings is 1. The Morgan fingerprint density at radius 2 is 2.14 bits per heavy atom. The summed E-state index contributed by atoms with van der Waals surface area (Å²) in [4.78, 5) is 12.3. The van der Waals surface area contributed by atoms with E-state index in [-0.39, 0.29) is 5.91 Å². The third-order valence-corrected chi connectivity index (χ3v) is 4.57. The lowest BCUT2D eigenvalue weighted by molar-refractivity contribution is 0.0950. The van der Waals surface area contributed by atoms with Gasteiger partial charge in [-0.3, -0.25) is 4.79 Å². The van der Waals surface area contributed by atoms with Crippen LogP contribution >= 0.6 is 0 Å². The van der Waals surface area contributed by atoms with E-state index in [0.717, 1.165) is 41.6 Å². The van der Waals surface area contributed by atoms with Gasteiger partial charge in [-0.15, -0.1) is 0 Å². The highest BCUT2D eigenvalue weighted by molar-refractivity contribution is 5.99. The summed E-state index contributed by atoms with van der Waals surface area (Å²) in [6.07, 6.45) is 6.48. The Balaban J connectivity index is 1.85. The molecule has 21 heavy (non-hydrogen) atoms. The Labute approximate surface area is 128 Å². The van der Waals surface area contributed by atoms with E-state index in [2.05, 4.69) is 17.6 Å². The average Bonchev–Trinajstić information content (AvgIpc) is 2.47. The van der Waals surface area contributed by atoms with Crippen LogP contribution in [0.1, 0.15) is 54.9 Å². The number of carbonyl (C=O) groups is 1. The molecule has 2 atom stereocenters. The van der Waals surface area contributed by atoms with E-state index in [1.54, 1.807) is 0 Å². The van der Waals surface area contributed by atoms with E-state index in [9.17, 15) is 4.79 Å². The molecule has 0 bridgehead atoms. The molecule has 2 rings (SSSR count). The van der Waals surface area contributed by atoms with Gasteiger partial charge in [-0.2, -0.15) is 0 Å². The van der Waals surface area contributed by atoms with Crippen LogP contribution in [-0.2, 0) is 0 Å². The van der Waals surface area contributed by atoms with Crippen LogP contribution in [-0.4, -0.2) is 19.5 Å². The molecule has 0 saturated heterocycles. The Hall–Kier alpha value is -1.51. The largest absolute Gasteiger partial charge is 0.387 e. The van der Waals surface area contributed by atoms with Crippen LogP contribution in [0.4, 0.5) is 5.69 Å². The molecular formula is C18H28N2O. The summed E-state index contributed by atoms with van der Waals surface area (Å²) in [5.74, 6) is 1.68. The molecule has 1 aromatic rings. The molecule has 0 aliphatic heterocycles. The van der Waals surface area contributed by atoms with E-state index in [1.165, 1.54) is 25.7 Å². The van der Waals surface area contributed by atoms with Gasteiger partial charge >= 0.3 is 0 Å². The second-order valence-electron chi connectivity index (χ2n) is 6.48. The number of rotatable bonds is 5. The molecule has 1 saturated carbocycles. The molecule has 3 nitrogen and oxygen atoms in total. The minimum absolute atomic E-state index is 0.0342. The van der Waals surface area contributed by atoms with Crippen molar-refractivity contribution in [3.63, 3.8) is 0 Å². The third kappa shape index (κ3) is 4.48. The summed E-state index contributed by atoms with van der Waals surface area (Å²) in [6, 6.07) is 5.93. The second-order valence-corrected chi connectivity index (χ2v) is 6.48. The van der Waals surface area contributed by atoms with Crippen molar-refractivity contribution < 1.29 is 4.79 Å². The van der Waals surface area contributed by atoms with Gasteiger partial charge in [0.25, 0.3) is 5.91 Å². The lowest BCUT2D eigenvalue weighted by atomic mass is 9.81. The molecule has 0 radical (unpaired) electrons. The molecule has 1 amide bonds. The number of nitrogens with one attached hydrogen (secondary N) is 2. The smallest absolute Gasteiger partial charge is 0.253 e. The normalized spacial score (nSPS) is 21.9. The van der Waals surface area contributed by atoms with Gasteiger partial charge in [0.2, 0.25) is 0 Å². The molecule has 1 aliphatic rings. The predicted molar refractivity (Wildman–Crippen MR) is 88.8 cm³/mol. The second kappa shape index (κ2) is 7.48. The molecule has 3 heteroatoms. The molecule has 0 aromatic heterocycles. The number of hydrogen-bond acceptors (Lipinski definition) is 2. The zero-order valence-electron chi connectivity index (χ0n) is 13.5. The SMILES string of the molecule is CNc1ccc(C)cc1C(=O)NCCC1CCCC(C)C1. The lowest BCUT2D eigenvalue weighted by Gasteiger charge is -2.26. The maximum Gasteiger partial charge on any atom is 0.253 e. The van der Waals surface area contributed by atoms with Crippen LogP contribution in [0.5, 0.6) is 0 Å². The Morgan fingerprint density at radius 1 is 1.33 bits per heavy atom. The highest BCUT2D eigenvalue weighted by atomic mass is 16.1. The van der Waals surface area contributed by atoms with Gasteiger partial charge in [-0.05, 0) is 43.7 Å². The third-order valence-electron chi connectivity index (χ3n) is 4.57. The summed E-state index contributed by atoms with van der Waals surface area (Å²) in [5, 5.41) is 6.17. The first-order chi connectivity index (χ1) is 10.1. The first kappa shape index (κ1) is 15.9. The summed E-state index contributed by atoms with van der Waals surface area (Å²) in [7, 11) is 1.85. The first-order valence-corrected chi connectivity index (χ1v) is 8.16. The Morgan fingerprint density at radius 3 is 2.86 bits per heavy atom. The van der Waals surface area contributed by atoms with Crippen LogP contribution in [0.25, 0.3) is 0 Å². The van der Waals surface area contributed by atoms with Crippen molar-refractivity contribution in [2.75, 3.05) is 18.9 Å². The standard InChI is InChI=1S/C18H28N2O/c1-13-5-4-6-15(11-13)9-10-20-18(21)16-12-14(2)7-8-17(16)19-3/h7-8,12-13,15,19H,4-6,9-11H2,1-3H3,(H,20,21). The maximum absolute atomic E-state index is 12.3. The van der Waals surface area contributed by atoms with Crippen molar-refractivity contribution in [1.82, 2.24) is 5.32 Å². The lowest BCUT2D eigenvalue weighted by Crippen LogP contribution is -2.27. The molecule has 0 spiro atoms. The first-order valence-electron chi connectivity index (χ1n) is 8.16. The fraction of sp³-hybridized carbons (Fsp3) is 0.611. The van der Waals surface area contributed by atoms with Crippen LogP contribution in [0.2, 0.25) is 0 Å². The number of carbonyl (C=O) groups excluding carboxylic acids is 1. The molecule has 116 valence electrons. The van der Waals surface area contributed by atoms with E-state index in [4.69, 9.17) is 0 Å².